The summed E-state index contributed by atoms with van der Waals surface area (Å²) in [5.74, 6) is -0.854. The second kappa shape index (κ2) is 5.48. The smallest absolute Gasteiger partial charge is 0.350 e. The number of aliphatic imine (C=N–C) groups is 1. The number of hydrogen-bond acceptors (Lipinski definition) is 4. The van der Waals surface area contributed by atoms with Crippen molar-refractivity contribution in [3.8, 4) is 0 Å². The maximum absolute atomic E-state index is 13.8. The van der Waals surface area contributed by atoms with Crippen molar-refractivity contribution in [2.75, 3.05) is 14.1 Å². The molecule has 2 atom stereocenters. The van der Waals surface area contributed by atoms with Crippen molar-refractivity contribution in [3.63, 3.8) is 0 Å². The van der Waals surface area contributed by atoms with Crippen LogP contribution < -0.4 is 5.69 Å². The summed E-state index contributed by atoms with van der Waals surface area (Å²) in [5.41, 5.74) is -0.536. The van der Waals surface area contributed by atoms with Gasteiger partial charge in [-0.3, -0.25) is 4.57 Å². The predicted octanol–water partition coefficient (Wildman–Crippen LogP) is 0.690. The van der Waals surface area contributed by atoms with Gasteiger partial charge in [0.2, 0.25) is 0 Å². The molecule has 1 aromatic rings. The van der Waals surface area contributed by atoms with E-state index in [2.05, 4.69) is 9.98 Å². The van der Waals surface area contributed by atoms with Crippen molar-refractivity contribution >= 4 is 12.2 Å². The molecule has 0 spiro atoms. The molecule has 2 rings (SSSR count). The van der Waals surface area contributed by atoms with Gasteiger partial charge in [-0.1, -0.05) is 0 Å². The Bertz CT molecular complexity index is 541. The summed E-state index contributed by atoms with van der Waals surface area (Å²) in [7, 11) is 3.48. The molecule has 1 saturated carbocycles. The lowest BCUT2D eigenvalue weighted by Gasteiger charge is -2.13. The van der Waals surface area contributed by atoms with Crippen LogP contribution in [0, 0.1) is 5.82 Å². The minimum Gasteiger partial charge on any atom is -0.393 e. The van der Waals surface area contributed by atoms with Crippen molar-refractivity contribution < 1.29 is 9.50 Å². The van der Waals surface area contributed by atoms with Crippen molar-refractivity contribution in [1.82, 2.24) is 14.5 Å². The highest BCUT2D eigenvalue weighted by atomic mass is 19.1. The van der Waals surface area contributed by atoms with Crippen LogP contribution in [-0.4, -0.2) is 46.1 Å². The van der Waals surface area contributed by atoms with Crippen LogP contribution in [0.15, 0.2) is 16.0 Å². The van der Waals surface area contributed by atoms with Crippen LogP contribution in [-0.2, 0) is 0 Å². The Labute approximate surface area is 110 Å². The molecule has 104 valence electrons. The molecule has 1 aliphatic rings. The van der Waals surface area contributed by atoms with E-state index in [-0.39, 0.29) is 11.9 Å². The number of nitrogens with zero attached hydrogens (tertiary/aromatic N) is 4. The molecule has 0 aromatic carbocycles. The van der Waals surface area contributed by atoms with Crippen LogP contribution in [0.4, 0.5) is 10.2 Å². The zero-order chi connectivity index (χ0) is 14.0. The molecule has 0 saturated heterocycles. The first-order valence-corrected chi connectivity index (χ1v) is 6.14. The van der Waals surface area contributed by atoms with E-state index in [4.69, 9.17) is 0 Å². The molecule has 0 radical (unpaired) electrons. The summed E-state index contributed by atoms with van der Waals surface area (Å²) in [6.07, 6.45) is 3.82. The predicted molar refractivity (Wildman–Crippen MR) is 69.2 cm³/mol. The van der Waals surface area contributed by atoms with Crippen LogP contribution in [0.25, 0.3) is 0 Å². The van der Waals surface area contributed by atoms with Gasteiger partial charge in [-0.15, -0.1) is 0 Å². The fraction of sp³-hybridized carbons (Fsp3) is 0.583. The van der Waals surface area contributed by atoms with Gasteiger partial charge in [-0.2, -0.15) is 4.98 Å². The first-order valence-electron chi connectivity index (χ1n) is 6.14. The van der Waals surface area contributed by atoms with Gasteiger partial charge < -0.3 is 10.0 Å². The van der Waals surface area contributed by atoms with E-state index in [0.29, 0.717) is 19.3 Å². The van der Waals surface area contributed by atoms with E-state index in [9.17, 15) is 14.3 Å². The Morgan fingerprint density at radius 1 is 1.58 bits per heavy atom. The number of rotatable bonds is 3. The lowest BCUT2D eigenvalue weighted by atomic mass is 10.2. The molecule has 7 heteroatoms. The maximum atomic E-state index is 13.8. The monoisotopic (exact) mass is 268 g/mol. The Balaban J connectivity index is 2.29. The Morgan fingerprint density at radius 3 is 2.89 bits per heavy atom. The molecule has 1 aromatic heterocycles. The molecule has 0 amide bonds. The zero-order valence-electron chi connectivity index (χ0n) is 11.0. The molecule has 1 N–H and O–H groups in total. The quantitative estimate of drug-likeness (QED) is 0.647. The second-order valence-electron chi connectivity index (χ2n) is 4.93. The van der Waals surface area contributed by atoms with Crippen molar-refractivity contribution in [2.45, 2.75) is 31.4 Å². The van der Waals surface area contributed by atoms with Gasteiger partial charge >= 0.3 is 5.69 Å². The van der Waals surface area contributed by atoms with E-state index in [1.165, 1.54) is 10.9 Å². The summed E-state index contributed by atoms with van der Waals surface area (Å²) >= 11 is 0. The molecule has 0 bridgehead atoms. The summed E-state index contributed by atoms with van der Waals surface area (Å²) in [6, 6.07) is -0.184. The number of aromatic nitrogens is 2. The highest BCUT2D eigenvalue weighted by Crippen LogP contribution is 2.29. The first-order chi connectivity index (χ1) is 8.97. The second-order valence-corrected chi connectivity index (χ2v) is 4.93. The highest BCUT2D eigenvalue weighted by molar-refractivity contribution is 5.58. The van der Waals surface area contributed by atoms with E-state index < -0.39 is 17.6 Å². The third kappa shape index (κ3) is 3.17. The largest absolute Gasteiger partial charge is 0.393 e. The molecule has 1 aliphatic carbocycles. The number of aliphatic hydroxyl groups is 1. The summed E-state index contributed by atoms with van der Waals surface area (Å²) < 4.78 is 15.1. The number of aliphatic hydroxyl groups excluding tert-OH is 1. The lowest BCUT2D eigenvalue weighted by molar-refractivity contribution is 0.177. The fourth-order valence-electron chi connectivity index (χ4n) is 2.15. The molecule has 0 unspecified atom stereocenters. The van der Waals surface area contributed by atoms with E-state index in [1.54, 1.807) is 19.0 Å². The van der Waals surface area contributed by atoms with E-state index in [1.807, 2.05) is 0 Å². The average Bonchev–Trinajstić information content (AvgIpc) is 2.76. The molecular weight excluding hydrogens is 251 g/mol. The van der Waals surface area contributed by atoms with Gasteiger partial charge in [0.15, 0.2) is 11.6 Å². The lowest BCUT2D eigenvalue weighted by Crippen LogP contribution is -2.26. The normalized spacial score (nSPS) is 23.2. The minimum atomic E-state index is -0.640. The zero-order valence-corrected chi connectivity index (χ0v) is 11.0. The molecule has 0 aliphatic heterocycles. The van der Waals surface area contributed by atoms with E-state index in [0.717, 1.165) is 6.20 Å². The van der Waals surface area contributed by atoms with Crippen molar-refractivity contribution in [2.24, 2.45) is 4.99 Å². The topological polar surface area (TPSA) is 70.7 Å². The summed E-state index contributed by atoms with van der Waals surface area (Å²) in [4.78, 5) is 20.9. The van der Waals surface area contributed by atoms with Crippen LogP contribution in [0.5, 0.6) is 0 Å². The SMILES string of the molecule is CN(C)C=Nc1nc(=O)n([C@H]2CC[C@H](O)C2)cc1F. The first kappa shape index (κ1) is 13.7. The van der Waals surface area contributed by atoms with Crippen LogP contribution in [0.3, 0.4) is 0 Å². The minimum absolute atomic E-state index is 0.184. The van der Waals surface area contributed by atoms with Gasteiger partial charge in [0.1, 0.15) is 0 Å². The molecule has 19 heavy (non-hydrogen) atoms. The average molecular weight is 268 g/mol. The van der Waals surface area contributed by atoms with Crippen molar-refractivity contribution in [1.29, 1.82) is 0 Å². The van der Waals surface area contributed by atoms with Gasteiger partial charge in [0, 0.05) is 26.3 Å². The van der Waals surface area contributed by atoms with Gasteiger partial charge in [-0.25, -0.2) is 14.2 Å². The Morgan fingerprint density at radius 2 is 2.32 bits per heavy atom. The molecule has 1 heterocycles. The van der Waals surface area contributed by atoms with Gasteiger partial charge in [0.25, 0.3) is 0 Å². The van der Waals surface area contributed by atoms with Crippen molar-refractivity contribution in [3.05, 3.63) is 22.5 Å². The Kier molecular flexibility index (Phi) is 3.94. The molecular formula is C12H17FN4O2. The van der Waals surface area contributed by atoms with Gasteiger partial charge in [0.05, 0.1) is 12.4 Å². The van der Waals surface area contributed by atoms with Crippen LogP contribution >= 0.6 is 0 Å². The van der Waals surface area contributed by atoms with Crippen LogP contribution in [0.2, 0.25) is 0 Å². The summed E-state index contributed by atoms with van der Waals surface area (Å²) in [5, 5.41) is 9.46. The number of hydrogen-bond donors (Lipinski definition) is 1. The number of halogens is 1. The maximum Gasteiger partial charge on any atom is 0.350 e. The Hall–Kier alpha value is -1.76. The third-order valence-electron chi connectivity index (χ3n) is 3.07. The fourth-order valence-corrected chi connectivity index (χ4v) is 2.15. The molecule has 6 nitrogen and oxygen atoms in total. The molecule has 1 fully saturated rings. The van der Waals surface area contributed by atoms with E-state index >= 15 is 0 Å². The van der Waals surface area contributed by atoms with Gasteiger partial charge in [-0.05, 0) is 19.3 Å². The van der Waals surface area contributed by atoms with Crippen LogP contribution in [0.1, 0.15) is 25.3 Å². The standard InChI is InChI=1S/C12H17FN4O2/c1-16(2)7-14-11-10(13)6-17(12(19)15-11)8-3-4-9(18)5-8/h6-9,18H,3-5H2,1-2H3/t8-,9-/m0/s1. The third-order valence-corrected chi connectivity index (χ3v) is 3.07. The highest BCUT2D eigenvalue weighted by Gasteiger charge is 2.25. The summed E-state index contributed by atoms with van der Waals surface area (Å²) in [6.45, 7) is 0.